The van der Waals surface area contributed by atoms with E-state index in [4.69, 9.17) is 4.52 Å². The first-order valence-electron chi connectivity index (χ1n) is 7.77. The zero-order chi connectivity index (χ0) is 17.2. The Morgan fingerprint density at radius 1 is 1.33 bits per heavy atom. The second-order valence-corrected chi connectivity index (χ2v) is 5.90. The average Bonchev–Trinajstić information content (AvgIpc) is 2.95. The minimum atomic E-state index is -4.69. The Balaban J connectivity index is 1.70. The van der Waals surface area contributed by atoms with E-state index >= 15 is 0 Å². The number of piperidine rings is 1. The molecular weight excluding hydrogens is 323 g/mol. The van der Waals surface area contributed by atoms with Gasteiger partial charge in [-0.05, 0) is 25.5 Å². The predicted molar refractivity (Wildman–Crippen MR) is 79.4 cm³/mol. The zero-order valence-electron chi connectivity index (χ0n) is 13.2. The molecule has 2 heterocycles. The summed E-state index contributed by atoms with van der Waals surface area (Å²) in [5, 5.41) is 3.96. The molecule has 0 amide bonds. The summed E-state index contributed by atoms with van der Waals surface area (Å²) in [7, 11) is 0. The number of likely N-dealkylation sites (tertiary alicyclic amines) is 1. The highest BCUT2D eigenvalue weighted by molar-refractivity contribution is 5.33. The number of alkyl halides is 3. The Morgan fingerprint density at radius 2 is 2.12 bits per heavy atom. The molecule has 1 aromatic carbocycles. The molecule has 0 saturated carbocycles. The fraction of sp³-hybridized carbons (Fsp3) is 0.500. The van der Waals surface area contributed by atoms with Crippen molar-refractivity contribution in [2.24, 2.45) is 0 Å². The van der Waals surface area contributed by atoms with Crippen molar-refractivity contribution in [3.8, 4) is 5.75 Å². The second kappa shape index (κ2) is 6.80. The lowest BCUT2D eigenvalue weighted by molar-refractivity contribution is -0.275. The number of benzene rings is 1. The van der Waals surface area contributed by atoms with E-state index in [0.29, 0.717) is 30.4 Å². The van der Waals surface area contributed by atoms with Crippen LogP contribution in [-0.4, -0.2) is 34.5 Å². The summed E-state index contributed by atoms with van der Waals surface area (Å²) in [5.41, 5.74) is 0.514. The Hall–Kier alpha value is -2.09. The molecule has 0 radical (unpaired) electrons. The Kier molecular flexibility index (Phi) is 4.75. The molecule has 5 nitrogen and oxygen atoms in total. The van der Waals surface area contributed by atoms with E-state index in [1.165, 1.54) is 12.1 Å². The van der Waals surface area contributed by atoms with Crippen LogP contribution in [0.25, 0.3) is 0 Å². The van der Waals surface area contributed by atoms with Crippen LogP contribution < -0.4 is 4.74 Å². The van der Waals surface area contributed by atoms with Crippen LogP contribution in [0.15, 0.2) is 28.8 Å². The van der Waals surface area contributed by atoms with E-state index in [1.807, 2.05) is 0 Å². The normalized spacial score (nSPS) is 19.4. The van der Waals surface area contributed by atoms with Gasteiger partial charge in [0.15, 0.2) is 5.82 Å². The van der Waals surface area contributed by atoms with Crippen molar-refractivity contribution in [2.45, 2.75) is 38.6 Å². The van der Waals surface area contributed by atoms with E-state index < -0.39 is 6.36 Å². The summed E-state index contributed by atoms with van der Waals surface area (Å²) in [6, 6.07) is 6.24. The molecule has 8 heteroatoms. The van der Waals surface area contributed by atoms with Crippen LogP contribution in [0.1, 0.15) is 36.0 Å². The smallest absolute Gasteiger partial charge is 0.405 e. The first-order valence-corrected chi connectivity index (χ1v) is 7.77. The molecule has 2 aromatic rings. The van der Waals surface area contributed by atoms with Crippen molar-refractivity contribution < 1.29 is 22.4 Å². The predicted octanol–water partition coefficient (Wildman–Crippen LogP) is 3.66. The Morgan fingerprint density at radius 3 is 2.83 bits per heavy atom. The summed E-state index contributed by atoms with van der Waals surface area (Å²) in [5.74, 6) is 1.16. The van der Waals surface area contributed by atoms with Gasteiger partial charge in [-0.1, -0.05) is 23.4 Å². The standard InChI is InChI=1S/C16H18F3N3O2/c1-11-20-15(21-24-11)13-6-4-8-22(10-13)9-12-5-2-3-7-14(12)23-16(17,18)19/h2-3,5,7,13H,4,6,8-10H2,1H3. The third-order valence-electron chi connectivity index (χ3n) is 4.01. The number of rotatable bonds is 4. The van der Waals surface area contributed by atoms with E-state index in [1.54, 1.807) is 19.1 Å². The number of halogens is 3. The lowest BCUT2D eigenvalue weighted by Crippen LogP contribution is -2.34. The van der Waals surface area contributed by atoms with Crippen molar-refractivity contribution in [3.05, 3.63) is 41.5 Å². The molecule has 1 aliphatic rings. The monoisotopic (exact) mass is 341 g/mol. The largest absolute Gasteiger partial charge is 0.573 e. The summed E-state index contributed by atoms with van der Waals surface area (Å²) >= 11 is 0. The summed E-state index contributed by atoms with van der Waals surface area (Å²) in [4.78, 5) is 6.36. The molecule has 0 aliphatic carbocycles. The molecule has 3 rings (SSSR count). The molecule has 130 valence electrons. The lowest BCUT2D eigenvalue weighted by atomic mass is 9.97. The van der Waals surface area contributed by atoms with Crippen LogP contribution in [0, 0.1) is 6.92 Å². The van der Waals surface area contributed by atoms with E-state index in [9.17, 15) is 13.2 Å². The second-order valence-electron chi connectivity index (χ2n) is 5.90. The fourth-order valence-corrected chi connectivity index (χ4v) is 2.99. The van der Waals surface area contributed by atoms with Gasteiger partial charge in [-0.3, -0.25) is 4.90 Å². The van der Waals surface area contributed by atoms with E-state index in [0.717, 1.165) is 19.4 Å². The number of aromatic nitrogens is 2. The van der Waals surface area contributed by atoms with Crippen LogP contribution in [0.2, 0.25) is 0 Å². The van der Waals surface area contributed by atoms with Crippen LogP contribution in [0.4, 0.5) is 13.2 Å². The summed E-state index contributed by atoms with van der Waals surface area (Å²) in [6.45, 7) is 3.62. The zero-order valence-corrected chi connectivity index (χ0v) is 13.2. The molecular formula is C16H18F3N3O2. The topological polar surface area (TPSA) is 51.4 Å². The van der Waals surface area contributed by atoms with Crippen molar-refractivity contribution in [1.29, 1.82) is 0 Å². The lowest BCUT2D eigenvalue weighted by Gasteiger charge is -2.31. The number of para-hydroxylation sites is 1. The van der Waals surface area contributed by atoms with Gasteiger partial charge < -0.3 is 9.26 Å². The number of hydrogen-bond acceptors (Lipinski definition) is 5. The minimum Gasteiger partial charge on any atom is -0.405 e. The van der Waals surface area contributed by atoms with Crippen molar-refractivity contribution in [2.75, 3.05) is 13.1 Å². The number of hydrogen-bond donors (Lipinski definition) is 0. The molecule has 1 aromatic heterocycles. The SMILES string of the molecule is Cc1nc(C2CCCN(Cc3ccccc3OC(F)(F)F)C2)no1. The molecule has 1 aliphatic heterocycles. The molecule has 1 saturated heterocycles. The minimum absolute atomic E-state index is 0.131. The van der Waals surface area contributed by atoms with Gasteiger partial charge in [0.2, 0.25) is 5.89 Å². The summed E-state index contributed by atoms with van der Waals surface area (Å²) in [6.07, 6.45) is -2.82. The highest BCUT2D eigenvalue weighted by Crippen LogP contribution is 2.30. The maximum absolute atomic E-state index is 12.5. The molecule has 0 bridgehead atoms. The highest BCUT2D eigenvalue weighted by atomic mass is 19.4. The first-order chi connectivity index (χ1) is 11.4. The van der Waals surface area contributed by atoms with Crippen LogP contribution in [0.3, 0.4) is 0 Å². The molecule has 1 fully saturated rings. The van der Waals surface area contributed by atoms with Gasteiger partial charge in [0, 0.05) is 31.5 Å². The van der Waals surface area contributed by atoms with E-state index in [2.05, 4.69) is 19.8 Å². The molecule has 0 spiro atoms. The molecule has 24 heavy (non-hydrogen) atoms. The number of aryl methyl sites for hydroxylation is 1. The highest BCUT2D eigenvalue weighted by Gasteiger charge is 2.32. The van der Waals surface area contributed by atoms with Gasteiger partial charge in [0.05, 0.1) is 0 Å². The van der Waals surface area contributed by atoms with Crippen molar-refractivity contribution in [3.63, 3.8) is 0 Å². The van der Waals surface area contributed by atoms with Gasteiger partial charge in [0.25, 0.3) is 0 Å². The fourth-order valence-electron chi connectivity index (χ4n) is 2.99. The van der Waals surface area contributed by atoms with Gasteiger partial charge in [0.1, 0.15) is 5.75 Å². The molecule has 0 N–H and O–H groups in total. The average molecular weight is 341 g/mol. The Bertz CT molecular complexity index is 687. The van der Waals surface area contributed by atoms with Crippen LogP contribution in [0.5, 0.6) is 5.75 Å². The van der Waals surface area contributed by atoms with Gasteiger partial charge in [-0.15, -0.1) is 13.2 Å². The van der Waals surface area contributed by atoms with E-state index in [-0.39, 0.29) is 11.7 Å². The summed E-state index contributed by atoms with van der Waals surface area (Å²) < 4.78 is 46.7. The molecule has 1 atom stereocenters. The third kappa shape index (κ3) is 4.25. The third-order valence-corrected chi connectivity index (χ3v) is 4.01. The quantitative estimate of drug-likeness (QED) is 0.849. The first kappa shape index (κ1) is 16.8. The molecule has 1 unspecified atom stereocenters. The maximum atomic E-state index is 12.5. The number of nitrogens with zero attached hydrogens (tertiary/aromatic N) is 3. The van der Waals surface area contributed by atoms with Crippen molar-refractivity contribution >= 4 is 0 Å². The van der Waals surface area contributed by atoms with Gasteiger partial charge in [-0.25, -0.2) is 0 Å². The van der Waals surface area contributed by atoms with Crippen LogP contribution in [-0.2, 0) is 6.54 Å². The van der Waals surface area contributed by atoms with Crippen molar-refractivity contribution in [1.82, 2.24) is 15.0 Å². The van der Waals surface area contributed by atoms with Crippen LogP contribution >= 0.6 is 0 Å². The van der Waals surface area contributed by atoms with Gasteiger partial charge >= 0.3 is 6.36 Å². The number of ether oxygens (including phenoxy) is 1. The Labute approximate surface area is 137 Å². The van der Waals surface area contributed by atoms with Gasteiger partial charge in [-0.2, -0.15) is 4.98 Å². The maximum Gasteiger partial charge on any atom is 0.573 e.